The van der Waals surface area contributed by atoms with E-state index in [1.165, 1.54) is 5.56 Å². The molecule has 0 fully saturated rings. The minimum Gasteiger partial charge on any atom is -0.497 e. The van der Waals surface area contributed by atoms with Crippen LogP contribution in [0.4, 0.5) is 0 Å². The van der Waals surface area contributed by atoms with Gasteiger partial charge in [-0.2, -0.15) is 0 Å². The van der Waals surface area contributed by atoms with Crippen molar-refractivity contribution in [3.63, 3.8) is 0 Å². The Hall–Kier alpha value is -2.07. The second-order valence-electron chi connectivity index (χ2n) is 5.53. The maximum absolute atomic E-state index is 11.1. The van der Waals surface area contributed by atoms with Crippen LogP contribution in [-0.2, 0) is 17.8 Å². The molecule has 0 amide bonds. The van der Waals surface area contributed by atoms with E-state index in [0.29, 0.717) is 6.42 Å². The highest BCUT2D eigenvalue weighted by Crippen LogP contribution is 2.30. The molecule has 0 N–H and O–H groups in total. The van der Waals surface area contributed by atoms with E-state index in [-0.39, 0.29) is 0 Å². The van der Waals surface area contributed by atoms with Crippen molar-refractivity contribution in [1.29, 1.82) is 0 Å². The summed E-state index contributed by atoms with van der Waals surface area (Å²) in [6, 6.07) is 14.4. The van der Waals surface area contributed by atoms with Crippen LogP contribution in [0, 0.1) is 6.92 Å². The fourth-order valence-electron chi connectivity index (χ4n) is 2.97. The first-order valence-electron chi connectivity index (χ1n) is 7.48. The number of carbonyl (C=O) groups is 1. The summed E-state index contributed by atoms with van der Waals surface area (Å²) in [7, 11) is 1.66. The molecule has 118 valence electrons. The molecule has 3 aromatic rings. The maximum atomic E-state index is 11.1. The molecule has 3 rings (SSSR count). The second-order valence-corrected chi connectivity index (χ2v) is 6.45. The molecule has 0 spiro atoms. The summed E-state index contributed by atoms with van der Waals surface area (Å²) in [6.45, 7) is 2.85. The van der Waals surface area contributed by atoms with Crippen LogP contribution in [0.3, 0.4) is 0 Å². The topological polar surface area (TPSA) is 31.2 Å². The van der Waals surface area contributed by atoms with E-state index in [1.807, 2.05) is 24.3 Å². The number of rotatable bonds is 5. The highest BCUT2D eigenvalue weighted by Gasteiger charge is 2.14. The molecular formula is C19H18BrNO2. The van der Waals surface area contributed by atoms with E-state index >= 15 is 0 Å². The molecule has 2 aromatic carbocycles. The molecule has 3 nitrogen and oxygen atoms in total. The number of ether oxygens (including phenoxy) is 1. The molecule has 4 heteroatoms. The molecule has 0 aliphatic carbocycles. The lowest BCUT2D eigenvalue weighted by Gasteiger charge is -2.09. The summed E-state index contributed by atoms with van der Waals surface area (Å²) >= 11 is 3.47. The molecule has 0 saturated carbocycles. The van der Waals surface area contributed by atoms with Gasteiger partial charge in [-0.05, 0) is 48.4 Å². The molecule has 0 aliphatic heterocycles. The Labute approximate surface area is 144 Å². The quantitative estimate of drug-likeness (QED) is 0.617. The van der Waals surface area contributed by atoms with Gasteiger partial charge in [-0.25, -0.2) is 0 Å². The zero-order valence-corrected chi connectivity index (χ0v) is 14.8. The predicted octanol–water partition coefficient (Wildman–Crippen LogP) is 4.51. The Morgan fingerprint density at radius 2 is 1.91 bits per heavy atom. The largest absolute Gasteiger partial charge is 0.497 e. The third-order valence-electron chi connectivity index (χ3n) is 4.20. The number of carbonyl (C=O) groups excluding carboxylic acids is 1. The maximum Gasteiger partial charge on any atom is 0.124 e. The summed E-state index contributed by atoms with van der Waals surface area (Å²) in [6.07, 6.45) is 1.38. The van der Waals surface area contributed by atoms with Crippen LogP contribution in [0.2, 0.25) is 0 Å². The number of nitrogens with zero attached hydrogens (tertiary/aromatic N) is 1. The number of aldehydes is 1. The Morgan fingerprint density at radius 3 is 2.57 bits per heavy atom. The van der Waals surface area contributed by atoms with Crippen LogP contribution >= 0.6 is 15.9 Å². The highest BCUT2D eigenvalue weighted by atomic mass is 79.9. The molecule has 0 saturated heterocycles. The second kappa shape index (κ2) is 6.59. The van der Waals surface area contributed by atoms with Gasteiger partial charge in [0.1, 0.15) is 12.0 Å². The minimum atomic E-state index is 0.419. The fourth-order valence-corrected chi connectivity index (χ4v) is 3.24. The van der Waals surface area contributed by atoms with Crippen molar-refractivity contribution >= 4 is 33.1 Å². The zero-order chi connectivity index (χ0) is 16.4. The number of methoxy groups -OCH3 is 1. The zero-order valence-electron chi connectivity index (χ0n) is 13.2. The Kier molecular flexibility index (Phi) is 4.53. The first-order valence-corrected chi connectivity index (χ1v) is 8.27. The Bertz CT molecular complexity index is 850. The van der Waals surface area contributed by atoms with E-state index in [9.17, 15) is 4.79 Å². The van der Waals surface area contributed by atoms with E-state index in [2.05, 4.69) is 45.6 Å². The lowest BCUT2D eigenvalue weighted by atomic mass is 10.1. The van der Waals surface area contributed by atoms with Gasteiger partial charge in [0.15, 0.2) is 0 Å². The van der Waals surface area contributed by atoms with Gasteiger partial charge < -0.3 is 14.1 Å². The van der Waals surface area contributed by atoms with E-state index in [1.54, 1.807) is 7.11 Å². The van der Waals surface area contributed by atoms with Gasteiger partial charge in [0.05, 0.1) is 7.11 Å². The Balaban J connectivity index is 2.13. The van der Waals surface area contributed by atoms with Gasteiger partial charge >= 0.3 is 0 Å². The molecule has 1 aromatic heterocycles. The predicted molar refractivity (Wildman–Crippen MR) is 96.2 cm³/mol. The lowest BCUT2D eigenvalue weighted by molar-refractivity contribution is -0.107. The van der Waals surface area contributed by atoms with Crippen molar-refractivity contribution in [2.24, 2.45) is 0 Å². The molecule has 23 heavy (non-hydrogen) atoms. The van der Waals surface area contributed by atoms with E-state index < -0.39 is 0 Å². The average Bonchev–Trinajstić information content (AvgIpc) is 2.82. The number of hydrogen-bond donors (Lipinski definition) is 0. The van der Waals surface area contributed by atoms with Gasteiger partial charge in [0.2, 0.25) is 0 Å². The number of hydrogen-bond acceptors (Lipinski definition) is 2. The average molecular weight is 372 g/mol. The van der Waals surface area contributed by atoms with Crippen LogP contribution in [0.1, 0.15) is 16.8 Å². The molecule has 0 unspecified atom stereocenters. The van der Waals surface area contributed by atoms with Gasteiger partial charge in [0.25, 0.3) is 0 Å². The first-order chi connectivity index (χ1) is 11.1. The number of fused-ring (bicyclic) bond motifs is 1. The van der Waals surface area contributed by atoms with Gasteiger partial charge in [-0.1, -0.05) is 28.1 Å². The molecule has 0 radical (unpaired) electrons. The van der Waals surface area contributed by atoms with Crippen LogP contribution < -0.4 is 4.74 Å². The summed E-state index contributed by atoms with van der Waals surface area (Å²) in [5.74, 6) is 0.811. The van der Waals surface area contributed by atoms with Crippen LogP contribution in [0.5, 0.6) is 5.75 Å². The number of halogens is 1. The van der Waals surface area contributed by atoms with Crippen molar-refractivity contribution in [2.75, 3.05) is 7.11 Å². The van der Waals surface area contributed by atoms with Gasteiger partial charge in [0, 0.05) is 34.0 Å². The van der Waals surface area contributed by atoms with E-state index in [0.717, 1.165) is 45.2 Å². The van der Waals surface area contributed by atoms with Crippen molar-refractivity contribution in [2.45, 2.75) is 19.9 Å². The van der Waals surface area contributed by atoms with Gasteiger partial charge in [-0.3, -0.25) is 0 Å². The highest BCUT2D eigenvalue weighted by molar-refractivity contribution is 9.10. The van der Waals surface area contributed by atoms with Crippen molar-refractivity contribution < 1.29 is 9.53 Å². The van der Waals surface area contributed by atoms with Crippen LogP contribution in [-0.4, -0.2) is 18.0 Å². The molecule has 0 aliphatic rings. The SMILES string of the molecule is COc1ccc2c(c1)c(CC=O)c(C)n2Cc1ccc(Br)cc1. The fraction of sp³-hybridized carbons (Fsp3) is 0.211. The molecular weight excluding hydrogens is 354 g/mol. The molecule has 0 atom stereocenters. The summed E-state index contributed by atoms with van der Waals surface area (Å²) in [4.78, 5) is 11.1. The minimum absolute atomic E-state index is 0.419. The molecule has 0 bridgehead atoms. The van der Waals surface area contributed by atoms with Crippen LogP contribution in [0.15, 0.2) is 46.9 Å². The number of aromatic nitrogens is 1. The first kappa shape index (κ1) is 15.8. The standard InChI is InChI=1S/C19H18BrNO2/c1-13-17(9-10-22)18-11-16(23-2)7-8-19(18)21(13)12-14-3-5-15(20)6-4-14/h3-8,10-11H,9,12H2,1-2H3. The molecule has 1 heterocycles. The lowest BCUT2D eigenvalue weighted by Crippen LogP contribution is -2.02. The summed E-state index contributed by atoms with van der Waals surface area (Å²) in [5, 5.41) is 1.09. The van der Waals surface area contributed by atoms with Crippen molar-refractivity contribution in [1.82, 2.24) is 4.57 Å². The van der Waals surface area contributed by atoms with Gasteiger partial charge in [-0.15, -0.1) is 0 Å². The summed E-state index contributed by atoms with van der Waals surface area (Å²) in [5.41, 5.74) is 4.55. The normalized spacial score (nSPS) is 10.9. The van der Waals surface area contributed by atoms with Crippen LogP contribution in [0.25, 0.3) is 10.9 Å². The smallest absolute Gasteiger partial charge is 0.124 e. The van der Waals surface area contributed by atoms with E-state index in [4.69, 9.17) is 4.74 Å². The Morgan fingerprint density at radius 1 is 1.17 bits per heavy atom. The van der Waals surface area contributed by atoms with Crippen molar-refractivity contribution in [3.8, 4) is 5.75 Å². The summed E-state index contributed by atoms with van der Waals surface area (Å²) < 4.78 is 8.67. The van der Waals surface area contributed by atoms with Crippen molar-refractivity contribution in [3.05, 3.63) is 63.8 Å². The third-order valence-corrected chi connectivity index (χ3v) is 4.73. The third kappa shape index (κ3) is 3.04. The number of benzene rings is 2. The monoisotopic (exact) mass is 371 g/mol.